The zero-order chi connectivity index (χ0) is 34.8. The highest BCUT2D eigenvalue weighted by molar-refractivity contribution is 5.97. The van der Waals surface area contributed by atoms with Gasteiger partial charge in [0.1, 0.15) is 47.8 Å². The molecule has 4 unspecified atom stereocenters. The maximum absolute atomic E-state index is 13.8. The van der Waals surface area contributed by atoms with Crippen LogP contribution < -0.4 is 14.8 Å². The van der Waals surface area contributed by atoms with Gasteiger partial charge in [0, 0.05) is 38.0 Å². The van der Waals surface area contributed by atoms with E-state index in [0.717, 1.165) is 5.82 Å². The Morgan fingerprint density at radius 3 is 2.67 bits per heavy atom. The number of aromatic amines is 1. The lowest BCUT2D eigenvalue weighted by atomic mass is 9.98. The number of carbonyl (C=O) groups is 2. The molecule has 0 bridgehead atoms. The van der Waals surface area contributed by atoms with Crippen LogP contribution in [-0.2, 0) is 30.2 Å². The average molecular weight is 676 g/mol. The third kappa shape index (κ3) is 9.79. The predicted octanol–water partition coefficient (Wildman–Crippen LogP) is 5.46. The number of rotatable bonds is 11. The maximum atomic E-state index is 13.8. The summed E-state index contributed by atoms with van der Waals surface area (Å²) in [5.41, 5.74) is 1.20. The van der Waals surface area contributed by atoms with E-state index in [1.807, 2.05) is 52.0 Å². The van der Waals surface area contributed by atoms with E-state index in [4.69, 9.17) is 33.2 Å². The number of carbonyl (C=O) groups excluding carboxylic acids is 2. The van der Waals surface area contributed by atoms with Gasteiger partial charge in [-0.3, -0.25) is 0 Å². The molecule has 2 N–H and O–H groups in total. The van der Waals surface area contributed by atoms with Gasteiger partial charge in [0.05, 0.1) is 18.2 Å². The number of aromatic nitrogens is 2. The molecule has 5 rings (SSSR count). The first kappa shape index (κ1) is 35.8. The van der Waals surface area contributed by atoms with Gasteiger partial charge in [-0.25, -0.2) is 14.6 Å². The molecule has 262 valence electrons. The van der Waals surface area contributed by atoms with Crippen LogP contribution in [-0.4, -0.2) is 79.2 Å². The van der Waals surface area contributed by atoms with Crippen LogP contribution in [0.3, 0.4) is 0 Å². The van der Waals surface area contributed by atoms with E-state index in [-0.39, 0.29) is 24.0 Å². The number of imidazole rings is 1. The SMILES string of the molecule is COCOc1cc(OCCNCc2ncc[nH]2)cc2c1C(=O)OC(C)[C@H](C)/C=C\C(OC(=O)c1ccccc1)C1OC(C)(C)OC1CC=C2. The molecule has 2 aliphatic rings. The predicted molar refractivity (Wildman–Crippen MR) is 181 cm³/mol. The Hall–Kier alpha value is -4.49. The summed E-state index contributed by atoms with van der Waals surface area (Å²) in [6.45, 7) is 8.78. The third-order valence-electron chi connectivity index (χ3n) is 8.14. The maximum Gasteiger partial charge on any atom is 0.342 e. The lowest BCUT2D eigenvalue weighted by Crippen LogP contribution is -2.37. The summed E-state index contributed by atoms with van der Waals surface area (Å²) in [5.74, 6) is -0.626. The van der Waals surface area contributed by atoms with Gasteiger partial charge in [0.25, 0.3) is 0 Å². The normalized spacial score (nSPS) is 24.2. The van der Waals surface area contributed by atoms with Crippen molar-refractivity contribution in [2.45, 2.75) is 70.9 Å². The summed E-state index contributed by atoms with van der Waals surface area (Å²) in [5, 5.41) is 3.27. The van der Waals surface area contributed by atoms with Crippen molar-refractivity contribution < 1.29 is 42.7 Å². The minimum absolute atomic E-state index is 0.0839. The van der Waals surface area contributed by atoms with E-state index in [2.05, 4.69) is 15.3 Å². The molecule has 1 aromatic heterocycles. The lowest BCUT2D eigenvalue weighted by molar-refractivity contribution is -0.152. The largest absolute Gasteiger partial charge is 0.492 e. The number of fused-ring (bicyclic) bond motifs is 2. The number of esters is 2. The van der Waals surface area contributed by atoms with Crippen molar-refractivity contribution in [3.05, 3.63) is 95.6 Å². The standard InChI is InChI=1S/C37H45N3O9/c1-24-14-15-29(47-35(41)26-10-7-6-8-11-26)34-30(48-37(3,4)49-34)13-9-12-27-20-28(44-19-18-38-22-32-39-16-17-40-32)21-31(45-23-43-5)33(27)36(42)46-25(24)2/h6-12,14-17,20-21,24-25,29-30,34,38H,13,18-19,22-23H2,1-5H3,(H,39,40)/b12-9?,15-14-/t24-,25?,29?,30?,34?/m1/s1. The monoisotopic (exact) mass is 675 g/mol. The van der Waals surface area contributed by atoms with Crippen molar-refractivity contribution in [3.8, 4) is 11.5 Å². The second-order valence-corrected chi connectivity index (χ2v) is 12.4. The molecule has 2 aliphatic heterocycles. The molecule has 0 amide bonds. The van der Waals surface area contributed by atoms with Crippen LogP contribution in [0.1, 0.15) is 66.2 Å². The lowest BCUT2D eigenvalue weighted by Gasteiger charge is -2.25. The van der Waals surface area contributed by atoms with E-state index >= 15 is 0 Å². The molecule has 49 heavy (non-hydrogen) atoms. The van der Waals surface area contributed by atoms with Crippen molar-refractivity contribution in [3.63, 3.8) is 0 Å². The molecule has 0 spiro atoms. The number of hydrogen-bond acceptors (Lipinski definition) is 11. The molecule has 0 radical (unpaired) electrons. The van der Waals surface area contributed by atoms with Crippen LogP contribution in [0.25, 0.3) is 6.08 Å². The molecule has 3 heterocycles. The first-order valence-corrected chi connectivity index (χ1v) is 16.4. The number of nitrogens with zero attached hydrogens (tertiary/aromatic N) is 1. The second-order valence-electron chi connectivity index (χ2n) is 12.4. The van der Waals surface area contributed by atoms with Gasteiger partial charge in [-0.05, 0) is 57.0 Å². The van der Waals surface area contributed by atoms with Crippen LogP contribution in [0.15, 0.2) is 73.1 Å². The van der Waals surface area contributed by atoms with Crippen molar-refractivity contribution in [1.29, 1.82) is 0 Å². The first-order valence-electron chi connectivity index (χ1n) is 16.4. The Kier molecular flexibility index (Phi) is 12.2. The zero-order valence-electron chi connectivity index (χ0n) is 28.5. The molecule has 5 atom stereocenters. The molecule has 12 nitrogen and oxygen atoms in total. The summed E-state index contributed by atoms with van der Waals surface area (Å²) in [6.07, 6.45) is 8.82. The summed E-state index contributed by atoms with van der Waals surface area (Å²) < 4.78 is 41.8. The Labute approximate surface area is 286 Å². The number of nitrogens with one attached hydrogen (secondary N) is 2. The van der Waals surface area contributed by atoms with Crippen LogP contribution in [0.5, 0.6) is 11.5 Å². The van der Waals surface area contributed by atoms with Crippen LogP contribution >= 0.6 is 0 Å². The fourth-order valence-electron chi connectivity index (χ4n) is 5.53. The fraction of sp³-hybridized carbons (Fsp3) is 0.432. The number of H-pyrrole nitrogens is 1. The summed E-state index contributed by atoms with van der Waals surface area (Å²) in [6, 6.07) is 12.2. The highest BCUT2D eigenvalue weighted by Crippen LogP contribution is 2.36. The fourth-order valence-corrected chi connectivity index (χ4v) is 5.53. The van der Waals surface area contributed by atoms with Gasteiger partial charge < -0.3 is 43.5 Å². The van der Waals surface area contributed by atoms with Crippen LogP contribution in [0.2, 0.25) is 0 Å². The van der Waals surface area contributed by atoms with Crippen molar-refractivity contribution in [2.75, 3.05) is 27.1 Å². The van der Waals surface area contributed by atoms with E-state index < -0.39 is 42.1 Å². The quantitative estimate of drug-likeness (QED) is 0.116. The number of cyclic esters (lactones) is 1. The van der Waals surface area contributed by atoms with Crippen LogP contribution in [0, 0.1) is 5.92 Å². The third-order valence-corrected chi connectivity index (χ3v) is 8.14. The summed E-state index contributed by atoms with van der Waals surface area (Å²) in [4.78, 5) is 34.3. The highest BCUT2D eigenvalue weighted by Gasteiger charge is 2.45. The van der Waals surface area contributed by atoms with Gasteiger partial charge in [0.2, 0.25) is 0 Å². The Bertz CT molecular complexity index is 1590. The molecular formula is C37H45N3O9. The van der Waals surface area contributed by atoms with Crippen molar-refractivity contribution in [1.82, 2.24) is 15.3 Å². The molecule has 1 fully saturated rings. The summed E-state index contributed by atoms with van der Waals surface area (Å²) in [7, 11) is 1.50. The number of hydrogen-bond donors (Lipinski definition) is 2. The van der Waals surface area contributed by atoms with E-state index in [1.165, 1.54) is 7.11 Å². The molecule has 0 saturated carbocycles. The Morgan fingerprint density at radius 2 is 1.92 bits per heavy atom. The van der Waals surface area contributed by atoms with Gasteiger partial charge in [-0.2, -0.15) is 0 Å². The molecule has 12 heteroatoms. The summed E-state index contributed by atoms with van der Waals surface area (Å²) >= 11 is 0. The Balaban J connectivity index is 1.44. The van der Waals surface area contributed by atoms with Crippen molar-refractivity contribution >= 4 is 18.0 Å². The highest BCUT2D eigenvalue weighted by atomic mass is 16.8. The molecule has 0 aliphatic carbocycles. The molecule has 3 aromatic rings. The van der Waals surface area contributed by atoms with Crippen molar-refractivity contribution in [2.24, 2.45) is 5.92 Å². The van der Waals surface area contributed by atoms with Gasteiger partial charge >= 0.3 is 11.9 Å². The van der Waals surface area contributed by atoms with Gasteiger partial charge in [0.15, 0.2) is 12.6 Å². The average Bonchev–Trinajstić information content (AvgIpc) is 3.71. The zero-order valence-corrected chi connectivity index (χ0v) is 28.5. The smallest absolute Gasteiger partial charge is 0.342 e. The number of benzene rings is 2. The number of ether oxygens (including phenoxy) is 7. The van der Waals surface area contributed by atoms with E-state index in [0.29, 0.717) is 43.0 Å². The minimum Gasteiger partial charge on any atom is -0.492 e. The van der Waals surface area contributed by atoms with Gasteiger partial charge in [-0.1, -0.05) is 43.4 Å². The number of methoxy groups -OCH3 is 1. The van der Waals surface area contributed by atoms with E-state index in [1.54, 1.807) is 54.9 Å². The topological polar surface area (TPSA) is 139 Å². The van der Waals surface area contributed by atoms with E-state index in [9.17, 15) is 9.59 Å². The molecule has 1 saturated heterocycles. The van der Waals surface area contributed by atoms with Crippen LogP contribution in [0.4, 0.5) is 0 Å². The first-order chi connectivity index (χ1) is 23.6. The van der Waals surface area contributed by atoms with Gasteiger partial charge in [-0.15, -0.1) is 0 Å². The second kappa shape index (κ2) is 16.8. The molecule has 2 aromatic carbocycles. The minimum atomic E-state index is -0.925. The molecular weight excluding hydrogens is 630 g/mol. The Morgan fingerprint density at radius 1 is 1.10 bits per heavy atom.